The summed E-state index contributed by atoms with van der Waals surface area (Å²) in [7, 11) is 0. The zero-order valence-electron chi connectivity index (χ0n) is 29.0. The first kappa shape index (κ1) is 30.2. The minimum absolute atomic E-state index is 0.0995. The van der Waals surface area contributed by atoms with E-state index in [2.05, 4.69) is 164 Å². The van der Waals surface area contributed by atoms with Crippen molar-refractivity contribution in [2.75, 3.05) is 0 Å². The van der Waals surface area contributed by atoms with Gasteiger partial charge in [-0.15, -0.1) is 0 Å². The van der Waals surface area contributed by atoms with E-state index >= 15 is 0 Å². The SMILES string of the molecule is CC1(C)c2ccccc2-c2c1ccc1c3ccccc3n(-c3cccc(-c4nc(-c5ccccc5)nc(-c5ccc(-c6ccccc6)cc5)n4)c3)c21. The van der Waals surface area contributed by atoms with Gasteiger partial charge >= 0.3 is 0 Å². The fourth-order valence-corrected chi connectivity index (χ4v) is 8.09. The minimum atomic E-state index is -0.0995. The van der Waals surface area contributed by atoms with Gasteiger partial charge in [0, 0.05) is 44.1 Å². The molecule has 0 unspecified atom stereocenters. The van der Waals surface area contributed by atoms with Crippen molar-refractivity contribution in [3.63, 3.8) is 0 Å². The van der Waals surface area contributed by atoms with Crippen molar-refractivity contribution in [1.82, 2.24) is 19.5 Å². The Morgan fingerprint density at radius 2 is 0.981 bits per heavy atom. The lowest BCUT2D eigenvalue weighted by Crippen LogP contribution is -2.14. The van der Waals surface area contributed by atoms with Gasteiger partial charge in [0.05, 0.1) is 11.0 Å². The number of para-hydroxylation sites is 1. The third-order valence-corrected chi connectivity index (χ3v) is 10.7. The summed E-state index contributed by atoms with van der Waals surface area (Å²) in [4.78, 5) is 15.2. The first-order chi connectivity index (χ1) is 25.5. The summed E-state index contributed by atoms with van der Waals surface area (Å²) in [5.41, 5.74) is 13.9. The highest BCUT2D eigenvalue weighted by atomic mass is 15.0. The lowest BCUT2D eigenvalue weighted by Gasteiger charge is -2.21. The first-order valence-corrected chi connectivity index (χ1v) is 17.8. The predicted octanol–water partition coefficient (Wildman–Crippen LogP) is 11.9. The molecule has 0 bridgehead atoms. The first-order valence-electron chi connectivity index (χ1n) is 17.8. The number of hydrogen-bond acceptors (Lipinski definition) is 3. The molecule has 0 fully saturated rings. The Morgan fingerprint density at radius 3 is 1.73 bits per heavy atom. The molecule has 0 saturated carbocycles. The number of aromatic nitrogens is 4. The predicted molar refractivity (Wildman–Crippen MR) is 213 cm³/mol. The third-order valence-electron chi connectivity index (χ3n) is 10.7. The fourth-order valence-electron chi connectivity index (χ4n) is 8.09. The van der Waals surface area contributed by atoms with Crippen LogP contribution < -0.4 is 0 Å². The maximum Gasteiger partial charge on any atom is 0.164 e. The van der Waals surface area contributed by atoms with Crippen LogP contribution in [-0.2, 0) is 5.41 Å². The highest BCUT2D eigenvalue weighted by Crippen LogP contribution is 2.52. The summed E-state index contributed by atoms with van der Waals surface area (Å²) in [6.07, 6.45) is 0. The van der Waals surface area contributed by atoms with Gasteiger partial charge in [-0.25, -0.2) is 15.0 Å². The summed E-state index contributed by atoms with van der Waals surface area (Å²) >= 11 is 0. The van der Waals surface area contributed by atoms with Gasteiger partial charge in [-0.2, -0.15) is 0 Å². The number of rotatable bonds is 5. The van der Waals surface area contributed by atoms with E-state index in [1.807, 2.05) is 24.3 Å². The minimum Gasteiger partial charge on any atom is -0.309 e. The second kappa shape index (κ2) is 11.7. The molecule has 7 aromatic carbocycles. The van der Waals surface area contributed by atoms with Gasteiger partial charge in [0.2, 0.25) is 0 Å². The zero-order chi connectivity index (χ0) is 34.8. The molecule has 10 rings (SSSR count). The lowest BCUT2D eigenvalue weighted by molar-refractivity contribution is 0.661. The van der Waals surface area contributed by atoms with Gasteiger partial charge < -0.3 is 4.57 Å². The molecule has 52 heavy (non-hydrogen) atoms. The Labute approximate surface area is 302 Å². The van der Waals surface area contributed by atoms with Gasteiger partial charge in [0.15, 0.2) is 17.5 Å². The lowest BCUT2D eigenvalue weighted by atomic mass is 9.82. The summed E-state index contributed by atoms with van der Waals surface area (Å²) in [6.45, 7) is 4.68. The van der Waals surface area contributed by atoms with Gasteiger partial charge in [-0.05, 0) is 46.0 Å². The van der Waals surface area contributed by atoms with E-state index in [9.17, 15) is 0 Å². The molecule has 4 nitrogen and oxygen atoms in total. The Hall–Kier alpha value is -6.65. The summed E-state index contributed by atoms with van der Waals surface area (Å²) < 4.78 is 2.44. The summed E-state index contributed by atoms with van der Waals surface area (Å²) in [6, 6.07) is 60.0. The molecule has 0 spiro atoms. The molecule has 1 aliphatic carbocycles. The van der Waals surface area contributed by atoms with Crippen molar-refractivity contribution in [3.05, 3.63) is 181 Å². The topological polar surface area (TPSA) is 43.6 Å². The van der Waals surface area contributed by atoms with E-state index in [-0.39, 0.29) is 5.41 Å². The molecule has 4 heteroatoms. The molecule has 0 amide bonds. The van der Waals surface area contributed by atoms with E-state index in [0.717, 1.165) is 27.9 Å². The van der Waals surface area contributed by atoms with Gasteiger partial charge in [-0.3, -0.25) is 0 Å². The van der Waals surface area contributed by atoms with Crippen molar-refractivity contribution in [2.24, 2.45) is 0 Å². The molecule has 2 heterocycles. The van der Waals surface area contributed by atoms with Crippen molar-refractivity contribution >= 4 is 21.8 Å². The van der Waals surface area contributed by atoms with Gasteiger partial charge in [-0.1, -0.05) is 166 Å². The average Bonchev–Trinajstić information content (AvgIpc) is 3.67. The van der Waals surface area contributed by atoms with E-state index in [4.69, 9.17) is 15.0 Å². The maximum absolute atomic E-state index is 5.12. The summed E-state index contributed by atoms with van der Waals surface area (Å²) in [5, 5.41) is 2.49. The number of fused-ring (bicyclic) bond motifs is 7. The van der Waals surface area contributed by atoms with E-state index in [1.165, 1.54) is 49.6 Å². The van der Waals surface area contributed by atoms with Crippen molar-refractivity contribution in [3.8, 4) is 62.1 Å². The molecule has 0 aliphatic heterocycles. The van der Waals surface area contributed by atoms with Gasteiger partial charge in [0.1, 0.15) is 0 Å². The Morgan fingerprint density at radius 1 is 0.423 bits per heavy atom. The van der Waals surface area contributed by atoms with E-state index < -0.39 is 0 Å². The maximum atomic E-state index is 5.12. The van der Waals surface area contributed by atoms with Crippen LogP contribution in [-0.4, -0.2) is 19.5 Å². The fraction of sp³-hybridized carbons (Fsp3) is 0.0625. The third kappa shape index (κ3) is 4.72. The molecule has 9 aromatic rings. The number of hydrogen-bond donors (Lipinski definition) is 0. The number of nitrogens with zero attached hydrogens (tertiary/aromatic N) is 4. The molecular formula is C48H34N4. The highest BCUT2D eigenvalue weighted by molar-refractivity contribution is 6.15. The second-order valence-corrected chi connectivity index (χ2v) is 14.1. The van der Waals surface area contributed by atoms with E-state index in [0.29, 0.717) is 17.5 Å². The Kier molecular flexibility index (Phi) is 6.80. The highest BCUT2D eigenvalue weighted by Gasteiger charge is 2.37. The van der Waals surface area contributed by atoms with Crippen LogP contribution in [0.1, 0.15) is 25.0 Å². The number of benzene rings is 7. The monoisotopic (exact) mass is 666 g/mol. The molecule has 246 valence electrons. The smallest absolute Gasteiger partial charge is 0.164 e. The van der Waals surface area contributed by atoms with Crippen molar-refractivity contribution in [1.29, 1.82) is 0 Å². The van der Waals surface area contributed by atoms with Crippen LogP contribution in [0.4, 0.5) is 0 Å². The second-order valence-electron chi connectivity index (χ2n) is 14.1. The van der Waals surface area contributed by atoms with Crippen LogP contribution in [0, 0.1) is 0 Å². The van der Waals surface area contributed by atoms with Crippen LogP contribution in [0.2, 0.25) is 0 Å². The molecular weight excluding hydrogens is 633 g/mol. The van der Waals surface area contributed by atoms with Crippen LogP contribution in [0.3, 0.4) is 0 Å². The van der Waals surface area contributed by atoms with Crippen LogP contribution in [0.25, 0.3) is 83.9 Å². The van der Waals surface area contributed by atoms with Crippen LogP contribution in [0.15, 0.2) is 170 Å². The van der Waals surface area contributed by atoms with Gasteiger partial charge in [0.25, 0.3) is 0 Å². The van der Waals surface area contributed by atoms with Crippen LogP contribution >= 0.6 is 0 Å². The zero-order valence-corrected chi connectivity index (χ0v) is 29.0. The largest absolute Gasteiger partial charge is 0.309 e. The Bertz CT molecular complexity index is 2800. The summed E-state index contributed by atoms with van der Waals surface area (Å²) in [5.74, 6) is 1.92. The average molecular weight is 667 g/mol. The molecule has 0 radical (unpaired) electrons. The normalized spacial score (nSPS) is 13.0. The van der Waals surface area contributed by atoms with E-state index in [1.54, 1.807) is 0 Å². The van der Waals surface area contributed by atoms with Crippen molar-refractivity contribution < 1.29 is 0 Å². The Balaban J connectivity index is 1.17. The van der Waals surface area contributed by atoms with Crippen molar-refractivity contribution in [2.45, 2.75) is 19.3 Å². The quantitative estimate of drug-likeness (QED) is 0.184. The van der Waals surface area contributed by atoms with Crippen LogP contribution in [0.5, 0.6) is 0 Å². The molecule has 0 atom stereocenters. The molecule has 1 aliphatic rings. The molecule has 2 aromatic heterocycles. The standard InChI is InChI=1S/C48H34N4/c1-48(2)40-22-11-9-21-39(40)43-41(48)29-28-38-37-20-10-12-23-42(37)52(44(38)43)36-19-13-18-35(30-36)47-50-45(33-16-7-4-8-17-33)49-46(51-47)34-26-24-32(25-27-34)31-14-5-3-6-15-31/h3-30H,1-2H3. The molecule has 0 saturated heterocycles. The molecule has 0 N–H and O–H groups in total.